The van der Waals surface area contributed by atoms with E-state index in [9.17, 15) is 4.79 Å². The molecule has 3 heterocycles. The third kappa shape index (κ3) is 5.37. The number of carbonyl (C=O) groups is 1. The van der Waals surface area contributed by atoms with Gasteiger partial charge in [0.25, 0.3) is 0 Å². The quantitative estimate of drug-likeness (QED) is 0.419. The second-order valence-electron chi connectivity index (χ2n) is 9.13. The second-order valence-corrected chi connectivity index (χ2v) is 9.13. The first-order valence-corrected chi connectivity index (χ1v) is 12.1. The third-order valence-corrected chi connectivity index (χ3v) is 6.64. The second kappa shape index (κ2) is 10.3. The minimum absolute atomic E-state index is 0.110. The molecule has 7 nitrogen and oxygen atoms in total. The molecule has 180 valence electrons. The number of aromatic nitrogens is 2. The van der Waals surface area contributed by atoms with Gasteiger partial charge in [-0.05, 0) is 41.8 Å². The molecule has 1 aliphatic heterocycles. The third-order valence-electron chi connectivity index (χ3n) is 6.64. The van der Waals surface area contributed by atoms with E-state index in [2.05, 4.69) is 39.1 Å². The predicted molar refractivity (Wildman–Crippen MR) is 137 cm³/mol. The number of fused-ring (bicyclic) bond motifs is 1. The number of piperazine rings is 1. The molecule has 5 rings (SSSR count). The Kier molecular flexibility index (Phi) is 6.79. The molecule has 1 fully saturated rings. The zero-order chi connectivity index (χ0) is 24.2. The molecule has 2 aromatic heterocycles. The maximum Gasteiger partial charge on any atom is 0.224 e. The van der Waals surface area contributed by atoms with Gasteiger partial charge >= 0.3 is 0 Å². The fourth-order valence-corrected chi connectivity index (χ4v) is 4.61. The SMILES string of the molecule is Cc1c[nH]c2nccc(Oc3ccc(C(N)CC(=O)N4CCN(Cc5ccccc5)CC4)cc3)c12. The summed E-state index contributed by atoms with van der Waals surface area (Å²) in [6.07, 6.45) is 3.95. The number of nitrogens with two attached hydrogens (primary N) is 1. The maximum absolute atomic E-state index is 12.9. The largest absolute Gasteiger partial charge is 0.457 e. The Labute approximate surface area is 205 Å². The number of carbonyl (C=O) groups excluding carboxylic acids is 1. The normalized spacial score (nSPS) is 15.3. The van der Waals surface area contributed by atoms with Crippen molar-refractivity contribution < 1.29 is 9.53 Å². The van der Waals surface area contributed by atoms with Crippen LogP contribution in [0.3, 0.4) is 0 Å². The van der Waals surface area contributed by atoms with Crippen LogP contribution in [0.25, 0.3) is 11.0 Å². The highest BCUT2D eigenvalue weighted by Crippen LogP contribution is 2.31. The minimum Gasteiger partial charge on any atom is -0.457 e. The topological polar surface area (TPSA) is 87.5 Å². The van der Waals surface area contributed by atoms with Gasteiger partial charge in [0.2, 0.25) is 5.91 Å². The number of H-pyrrole nitrogens is 1. The summed E-state index contributed by atoms with van der Waals surface area (Å²) in [4.78, 5) is 24.7. The molecule has 1 aliphatic rings. The Morgan fingerprint density at radius 3 is 2.54 bits per heavy atom. The van der Waals surface area contributed by atoms with Crippen LogP contribution < -0.4 is 10.5 Å². The summed E-state index contributed by atoms with van der Waals surface area (Å²) in [6.45, 7) is 6.19. The zero-order valence-electron chi connectivity index (χ0n) is 20.0. The van der Waals surface area contributed by atoms with E-state index in [1.807, 2.05) is 54.4 Å². The Hall–Kier alpha value is -3.68. The van der Waals surface area contributed by atoms with Crippen molar-refractivity contribution in [3.8, 4) is 11.5 Å². The average molecular weight is 470 g/mol. The lowest BCUT2D eigenvalue weighted by Gasteiger charge is -2.35. The molecule has 0 radical (unpaired) electrons. The summed E-state index contributed by atoms with van der Waals surface area (Å²) in [5.41, 5.74) is 10.5. The van der Waals surface area contributed by atoms with E-state index >= 15 is 0 Å². The molecule has 35 heavy (non-hydrogen) atoms. The molecule has 7 heteroatoms. The van der Waals surface area contributed by atoms with Crippen molar-refractivity contribution >= 4 is 16.9 Å². The number of hydrogen-bond acceptors (Lipinski definition) is 5. The van der Waals surface area contributed by atoms with E-state index in [1.165, 1.54) is 5.56 Å². The van der Waals surface area contributed by atoms with E-state index in [-0.39, 0.29) is 11.9 Å². The number of pyridine rings is 1. The Morgan fingerprint density at radius 2 is 1.80 bits per heavy atom. The van der Waals surface area contributed by atoms with Crippen LogP contribution >= 0.6 is 0 Å². The molecular formula is C28H31N5O2. The number of nitrogens with one attached hydrogen (secondary N) is 1. The van der Waals surface area contributed by atoms with Crippen LogP contribution in [0.2, 0.25) is 0 Å². The summed E-state index contributed by atoms with van der Waals surface area (Å²) in [5.74, 6) is 1.58. The van der Waals surface area contributed by atoms with E-state index in [4.69, 9.17) is 10.5 Å². The van der Waals surface area contributed by atoms with E-state index < -0.39 is 0 Å². The molecule has 1 saturated heterocycles. The molecule has 1 unspecified atom stereocenters. The highest BCUT2D eigenvalue weighted by atomic mass is 16.5. The lowest BCUT2D eigenvalue weighted by molar-refractivity contribution is -0.133. The lowest BCUT2D eigenvalue weighted by Crippen LogP contribution is -2.48. The lowest BCUT2D eigenvalue weighted by atomic mass is 10.0. The van der Waals surface area contributed by atoms with Gasteiger partial charge in [-0.1, -0.05) is 42.5 Å². The highest BCUT2D eigenvalue weighted by Gasteiger charge is 2.23. The van der Waals surface area contributed by atoms with Crippen LogP contribution in [0.5, 0.6) is 11.5 Å². The minimum atomic E-state index is -0.349. The van der Waals surface area contributed by atoms with E-state index in [0.29, 0.717) is 6.42 Å². The number of aryl methyl sites for hydroxylation is 1. The van der Waals surface area contributed by atoms with Gasteiger partial charge in [-0.15, -0.1) is 0 Å². The summed E-state index contributed by atoms with van der Waals surface area (Å²) >= 11 is 0. The van der Waals surface area contributed by atoms with Crippen molar-refractivity contribution in [1.82, 2.24) is 19.8 Å². The van der Waals surface area contributed by atoms with Crippen molar-refractivity contribution in [3.63, 3.8) is 0 Å². The van der Waals surface area contributed by atoms with Gasteiger partial charge < -0.3 is 20.4 Å². The first kappa shape index (κ1) is 23.1. The van der Waals surface area contributed by atoms with Crippen LogP contribution in [-0.4, -0.2) is 51.9 Å². The molecule has 4 aromatic rings. The molecule has 1 amide bonds. The average Bonchev–Trinajstić information content (AvgIpc) is 3.27. The van der Waals surface area contributed by atoms with Gasteiger partial charge in [0.15, 0.2) is 0 Å². The first-order valence-electron chi connectivity index (χ1n) is 12.1. The number of nitrogens with zero attached hydrogens (tertiary/aromatic N) is 3. The molecule has 3 N–H and O–H groups in total. The van der Waals surface area contributed by atoms with Crippen LogP contribution in [0.15, 0.2) is 73.1 Å². The number of benzene rings is 2. The summed E-state index contributed by atoms with van der Waals surface area (Å²) < 4.78 is 6.11. The van der Waals surface area contributed by atoms with Crippen molar-refractivity contribution in [3.05, 3.63) is 89.7 Å². The van der Waals surface area contributed by atoms with Gasteiger partial charge in [-0.25, -0.2) is 4.98 Å². The molecule has 0 aliphatic carbocycles. The van der Waals surface area contributed by atoms with Gasteiger partial charge in [-0.2, -0.15) is 0 Å². The predicted octanol–water partition coefficient (Wildman–Crippen LogP) is 4.40. The molecule has 2 aromatic carbocycles. The first-order chi connectivity index (χ1) is 17.1. The summed E-state index contributed by atoms with van der Waals surface area (Å²) in [5, 5.41) is 0.975. The Bertz CT molecular complexity index is 1280. The number of amides is 1. The number of ether oxygens (including phenoxy) is 1. The zero-order valence-corrected chi connectivity index (χ0v) is 20.0. The molecule has 1 atom stereocenters. The van der Waals surface area contributed by atoms with Crippen molar-refractivity contribution in [2.45, 2.75) is 25.9 Å². The van der Waals surface area contributed by atoms with E-state index in [1.54, 1.807) is 6.20 Å². The summed E-state index contributed by atoms with van der Waals surface area (Å²) in [6, 6.07) is 19.6. The number of rotatable bonds is 7. The number of hydrogen-bond donors (Lipinski definition) is 2. The Balaban J connectivity index is 1.14. The monoisotopic (exact) mass is 469 g/mol. The standard InChI is InChI=1S/C28H31N5O2/c1-20-18-31-28-27(20)25(11-12-30-28)35-23-9-7-22(8-10-23)24(29)17-26(34)33-15-13-32(14-16-33)19-21-5-3-2-4-6-21/h2-12,18,24H,13-17,19,29H2,1H3,(H,30,31). The van der Waals surface area contributed by atoms with Gasteiger partial charge in [0, 0.05) is 57.6 Å². The van der Waals surface area contributed by atoms with Crippen LogP contribution in [-0.2, 0) is 11.3 Å². The van der Waals surface area contributed by atoms with Gasteiger partial charge in [0.1, 0.15) is 17.1 Å². The fourth-order valence-electron chi connectivity index (χ4n) is 4.61. The highest BCUT2D eigenvalue weighted by molar-refractivity contribution is 5.86. The van der Waals surface area contributed by atoms with Crippen LogP contribution in [0.1, 0.15) is 29.2 Å². The van der Waals surface area contributed by atoms with Crippen molar-refractivity contribution in [2.24, 2.45) is 5.73 Å². The maximum atomic E-state index is 12.9. The molecular weight excluding hydrogens is 438 g/mol. The smallest absolute Gasteiger partial charge is 0.224 e. The van der Waals surface area contributed by atoms with Gasteiger partial charge in [-0.3, -0.25) is 9.69 Å². The van der Waals surface area contributed by atoms with E-state index in [0.717, 1.165) is 66.4 Å². The summed E-state index contributed by atoms with van der Waals surface area (Å²) in [7, 11) is 0. The fraction of sp³-hybridized carbons (Fsp3) is 0.286. The van der Waals surface area contributed by atoms with Crippen molar-refractivity contribution in [1.29, 1.82) is 0 Å². The van der Waals surface area contributed by atoms with Crippen LogP contribution in [0.4, 0.5) is 0 Å². The Morgan fingerprint density at radius 1 is 1.06 bits per heavy atom. The number of aromatic amines is 1. The van der Waals surface area contributed by atoms with Crippen molar-refractivity contribution in [2.75, 3.05) is 26.2 Å². The van der Waals surface area contributed by atoms with Crippen LogP contribution in [0, 0.1) is 6.92 Å². The molecule has 0 saturated carbocycles. The van der Waals surface area contributed by atoms with Gasteiger partial charge in [0.05, 0.1) is 5.39 Å². The molecule has 0 bridgehead atoms. The molecule has 0 spiro atoms.